The number of halogens is 2. The lowest BCUT2D eigenvalue weighted by Crippen LogP contribution is -2.42. The summed E-state index contributed by atoms with van der Waals surface area (Å²) in [7, 11) is 1.92. The van der Waals surface area contributed by atoms with Crippen molar-refractivity contribution in [1.82, 2.24) is 10.2 Å². The minimum Gasteiger partial charge on any atom is -0.457 e. The molecule has 1 atom stereocenters. The summed E-state index contributed by atoms with van der Waals surface area (Å²) in [5, 5.41) is 3.17. The average Bonchev–Trinajstić information content (AvgIpc) is 2.65. The van der Waals surface area contributed by atoms with Gasteiger partial charge in [0.05, 0.1) is 0 Å². The largest absolute Gasteiger partial charge is 0.457 e. The molecule has 1 saturated heterocycles. The minimum atomic E-state index is -0.962. The molecule has 0 aromatic heterocycles. The highest BCUT2D eigenvalue weighted by Gasteiger charge is 2.24. The van der Waals surface area contributed by atoms with E-state index in [4.69, 9.17) is 4.74 Å². The van der Waals surface area contributed by atoms with E-state index < -0.39 is 11.6 Å². The van der Waals surface area contributed by atoms with Crippen molar-refractivity contribution in [3.05, 3.63) is 59.7 Å². The van der Waals surface area contributed by atoms with Crippen LogP contribution in [0.25, 0.3) is 0 Å². The van der Waals surface area contributed by atoms with Gasteiger partial charge in [-0.3, -0.25) is 4.79 Å². The van der Waals surface area contributed by atoms with Crippen LogP contribution in [0.2, 0.25) is 0 Å². The number of piperidine rings is 1. The van der Waals surface area contributed by atoms with E-state index in [1.165, 1.54) is 6.07 Å². The highest BCUT2D eigenvalue weighted by molar-refractivity contribution is 5.94. The van der Waals surface area contributed by atoms with E-state index in [1.54, 1.807) is 24.3 Å². The number of hydrogen-bond donors (Lipinski definition) is 1. The van der Waals surface area contributed by atoms with Gasteiger partial charge < -0.3 is 15.0 Å². The first-order valence-corrected chi connectivity index (χ1v) is 8.73. The van der Waals surface area contributed by atoms with Crippen LogP contribution in [0.5, 0.6) is 11.5 Å². The summed E-state index contributed by atoms with van der Waals surface area (Å²) in [5.74, 6) is -0.737. The highest BCUT2D eigenvalue weighted by Crippen LogP contribution is 2.24. The third-order valence-electron chi connectivity index (χ3n) is 4.53. The number of benzene rings is 2. The van der Waals surface area contributed by atoms with Gasteiger partial charge in [-0.1, -0.05) is 0 Å². The number of ether oxygens (including phenoxy) is 1. The van der Waals surface area contributed by atoms with Crippen molar-refractivity contribution in [2.45, 2.75) is 12.8 Å². The number of hydrogen-bond acceptors (Lipinski definition) is 3. The fraction of sp³-hybridized carbons (Fsp3) is 0.350. The standard InChI is InChI=1S/C20H22F2N2O2/c1-23-12-14-3-2-10-24(13-14)20(25)15-4-6-16(7-5-15)26-17-8-9-18(21)19(22)11-17/h4-9,11,14,23H,2-3,10,12-13H2,1H3. The molecule has 0 bridgehead atoms. The molecular weight excluding hydrogens is 338 g/mol. The molecule has 1 unspecified atom stereocenters. The highest BCUT2D eigenvalue weighted by atomic mass is 19.2. The Morgan fingerprint density at radius 2 is 1.88 bits per heavy atom. The van der Waals surface area contributed by atoms with Gasteiger partial charge in [-0.25, -0.2) is 8.78 Å². The van der Waals surface area contributed by atoms with Gasteiger partial charge in [0.15, 0.2) is 11.6 Å². The van der Waals surface area contributed by atoms with Gasteiger partial charge in [-0.15, -0.1) is 0 Å². The summed E-state index contributed by atoms with van der Waals surface area (Å²) in [5.41, 5.74) is 0.591. The summed E-state index contributed by atoms with van der Waals surface area (Å²) in [6, 6.07) is 10.1. The SMILES string of the molecule is CNCC1CCCN(C(=O)c2ccc(Oc3ccc(F)c(F)c3)cc2)C1. The maximum Gasteiger partial charge on any atom is 0.253 e. The smallest absolute Gasteiger partial charge is 0.253 e. The number of carbonyl (C=O) groups is 1. The Labute approximate surface area is 151 Å². The van der Waals surface area contributed by atoms with Crippen LogP contribution in [0, 0.1) is 17.6 Å². The molecule has 1 fully saturated rings. The number of likely N-dealkylation sites (tertiary alicyclic amines) is 1. The van der Waals surface area contributed by atoms with E-state index >= 15 is 0 Å². The van der Waals surface area contributed by atoms with E-state index in [1.807, 2.05) is 11.9 Å². The number of amides is 1. The Bertz CT molecular complexity index is 763. The predicted molar refractivity (Wildman–Crippen MR) is 95.4 cm³/mol. The number of nitrogens with zero attached hydrogens (tertiary/aromatic N) is 1. The molecule has 0 spiro atoms. The van der Waals surface area contributed by atoms with E-state index in [2.05, 4.69) is 5.32 Å². The fourth-order valence-corrected chi connectivity index (χ4v) is 3.23. The molecule has 1 aliphatic rings. The second-order valence-electron chi connectivity index (χ2n) is 6.52. The van der Waals surface area contributed by atoms with Gasteiger partial charge >= 0.3 is 0 Å². The van der Waals surface area contributed by atoms with Crippen LogP contribution >= 0.6 is 0 Å². The first-order chi connectivity index (χ1) is 12.6. The van der Waals surface area contributed by atoms with Crippen molar-refractivity contribution in [2.75, 3.05) is 26.7 Å². The van der Waals surface area contributed by atoms with Gasteiger partial charge in [0.1, 0.15) is 11.5 Å². The second-order valence-corrected chi connectivity index (χ2v) is 6.52. The number of nitrogens with one attached hydrogen (secondary N) is 1. The molecule has 1 heterocycles. The lowest BCUT2D eigenvalue weighted by atomic mass is 9.97. The number of rotatable bonds is 5. The molecule has 26 heavy (non-hydrogen) atoms. The molecule has 1 aliphatic heterocycles. The van der Waals surface area contributed by atoms with Crippen molar-refractivity contribution in [2.24, 2.45) is 5.92 Å². The molecule has 4 nitrogen and oxygen atoms in total. The molecule has 138 valence electrons. The topological polar surface area (TPSA) is 41.6 Å². The zero-order chi connectivity index (χ0) is 18.5. The zero-order valence-corrected chi connectivity index (χ0v) is 14.7. The van der Waals surface area contributed by atoms with Crippen molar-refractivity contribution < 1.29 is 18.3 Å². The zero-order valence-electron chi connectivity index (χ0n) is 14.7. The van der Waals surface area contributed by atoms with E-state index in [0.29, 0.717) is 17.2 Å². The van der Waals surface area contributed by atoms with Crippen molar-refractivity contribution in [1.29, 1.82) is 0 Å². The van der Waals surface area contributed by atoms with Crippen LogP contribution in [0.1, 0.15) is 23.2 Å². The van der Waals surface area contributed by atoms with Crippen LogP contribution in [-0.4, -0.2) is 37.5 Å². The van der Waals surface area contributed by atoms with Gasteiger partial charge in [0.2, 0.25) is 0 Å². The second kappa shape index (κ2) is 8.27. The molecule has 0 radical (unpaired) electrons. The monoisotopic (exact) mass is 360 g/mol. The van der Waals surface area contributed by atoms with Gasteiger partial charge in [0, 0.05) is 24.7 Å². The molecular formula is C20H22F2N2O2. The Hall–Kier alpha value is -2.47. The Morgan fingerprint density at radius 1 is 1.15 bits per heavy atom. The normalized spacial score (nSPS) is 17.2. The summed E-state index contributed by atoms with van der Waals surface area (Å²) < 4.78 is 31.7. The van der Waals surface area contributed by atoms with Crippen LogP contribution in [0.15, 0.2) is 42.5 Å². The molecule has 3 rings (SSSR count). The summed E-state index contributed by atoms with van der Waals surface area (Å²) >= 11 is 0. The van der Waals surface area contributed by atoms with Crippen LogP contribution in [-0.2, 0) is 0 Å². The third-order valence-corrected chi connectivity index (χ3v) is 4.53. The number of carbonyl (C=O) groups excluding carboxylic acids is 1. The van der Waals surface area contributed by atoms with E-state index in [0.717, 1.165) is 44.6 Å². The van der Waals surface area contributed by atoms with Crippen molar-refractivity contribution >= 4 is 5.91 Å². The molecule has 1 N–H and O–H groups in total. The van der Waals surface area contributed by atoms with Crippen LogP contribution < -0.4 is 10.1 Å². The Morgan fingerprint density at radius 3 is 2.58 bits per heavy atom. The van der Waals surface area contributed by atoms with Crippen molar-refractivity contribution in [3.8, 4) is 11.5 Å². The molecule has 1 amide bonds. The molecule has 2 aromatic rings. The Balaban J connectivity index is 1.65. The first-order valence-electron chi connectivity index (χ1n) is 8.73. The predicted octanol–water partition coefficient (Wildman–Crippen LogP) is 3.83. The minimum absolute atomic E-state index is 0.00480. The fourth-order valence-electron chi connectivity index (χ4n) is 3.23. The van der Waals surface area contributed by atoms with Crippen molar-refractivity contribution in [3.63, 3.8) is 0 Å². The van der Waals surface area contributed by atoms with Gasteiger partial charge in [-0.2, -0.15) is 0 Å². The quantitative estimate of drug-likeness (QED) is 0.881. The van der Waals surface area contributed by atoms with E-state index in [9.17, 15) is 13.6 Å². The third kappa shape index (κ3) is 4.38. The Kier molecular flexibility index (Phi) is 5.83. The molecule has 0 saturated carbocycles. The van der Waals surface area contributed by atoms with E-state index in [-0.39, 0.29) is 11.7 Å². The van der Waals surface area contributed by atoms with Crippen LogP contribution in [0.3, 0.4) is 0 Å². The molecule has 0 aliphatic carbocycles. The average molecular weight is 360 g/mol. The van der Waals surface area contributed by atoms with Gasteiger partial charge in [-0.05, 0) is 68.8 Å². The molecule has 6 heteroatoms. The maximum absolute atomic E-state index is 13.2. The lowest BCUT2D eigenvalue weighted by Gasteiger charge is -2.32. The first kappa shape index (κ1) is 18.3. The summed E-state index contributed by atoms with van der Waals surface area (Å²) in [4.78, 5) is 14.6. The maximum atomic E-state index is 13.2. The van der Waals surface area contributed by atoms with Gasteiger partial charge in [0.25, 0.3) is 5.91 Å². The summed E-state index contributed by atoms with van der Waals surface area (Å²) in [6.07, 6.45) is 2.14. The lowest BCUT2D eigenvalue weighted by molar-refractivity contribution is 0.0674. The van der Waals surface area contributed by atoms with Crippen LogP contribution in [0.4, 0.5) is 8.78 Å². The molecule has 2 aromatic carbocycles. The summed E-state index contributed by atoms with van der Waals surface area (Å²) in [6.45, 7) is 2.43.